The summed E-state index contributed by atoms with van der Waals surface area (Å²) in [6.45, 7) is 2.24. The van der Waals surface area contributed by atoms with E-state index in [1.807, 2.05) is 30.3 Å². The van der Waals surface area contributed by atoms with E-state index in [-0.39, 0.29) is 5.91 Å². The van der Waals surface area contributed by atoms with Gasteiger partial charge in [-0.05, 0) is 0 Å². The van der Waals surface area contributed by atoms with E-state index < -0.39 is 0 Å². The highest BCUT2D eigenvalue weighted by Crippen LogP contribution is 1.83. The van der Waals surface area contributed by atoms with Crippen LogP contribution in [0.25, 0.3) is 0 Å². The maximum absolute atomic E-state index is 10.5. The Morgan fingerprint density at radius 3 is 2.69 bits per heavy atom. The predicted octanol–water partition coefficient (Wildman–Crippen LogP) is 0.570. The van der Waals surface area contributed by atoms with Crippen LogP contribution in [0.2, 0.25) is 6.32 Å². The van der Waals surface area contributed by atoms with E-state index in [9.17, 15) is 4.79 Å². The first kappa shape index (κ1) is 9.84. The first-order valence-electron chi connectivity index (χ1n) is 4.42. The summed E-state index contributed by atoms with van der Waals surface area (Å²) in [4.78, 5) is 10.5. The molecule has 0 heterocycles. The largest absolute Gasteiger partial charge is 0.357 e. The second kappa shape index (κ2) is 5.41. The number of rotatable bonds is 4. The lowest BCUT2D eigenvalue weighted by atomic mass is 9.67. The molecule has 0 aliphatic rings. The molecule has 1 radical (unpaired) electrons. The Bertz CT molecular complexity index is 261. The van der Waals surface area contributed by atoms with Crippen molar-refractivity contribution in [3.8, 4) is 0 Å². The number of hydrogen-bond acceptors (Lipinski definition) is 1. The molecule has 1 aromatic rings. The monoisotopic (exact) mass is 174 g/mol. The molecule has 1 rings (SSSR count). The lowest BCUT2D eigenvalue weighted by molar-refractivity contribution is -0.118. The third-order valence-electron chi connectivity index (χ3n) is 1.70. The van der Waals surface area contributed by atoms with E-state index in [0.29, 0.717) is 6.54 Å². The number of carbonyl (C=O) groups is 1. The fourth-order valence-electron chi connectivity index (χ4n) is 1.08. The SMILES string of the molecule is CC(=O)NCC[B]c1ccccc1. The van der Waals surface area contributed by atoms with E-state index in [0.717, 1.165) is 6.32 Å². The molecule has 0 atom stereocenters. The molecule has 0 saturated carbocycles. The van der Waals surface area contributed by atoms with Gasteiger partial charge in [-0.15, -0.1) is 0 Å². The van der Waals surface area contributed by atoms with Crippen LogP contribution in [0.3, 0.4) is 0 Å². The highest BCUT2D eigenvalue weighted by molar-refractivity contribution is 6.53. The van der Waals surface area contributed by atoms with Crippen LogP contribution in [0.5, 0.6) is 0 Å². The summed E-state index contributed by atoms with van der Waals surface area (Å²) >= 11 is 0. The number of benzene rings is 1. The number of carbonyl (C=O) groups excluding carboxylic acids is 1. The normalized spacial score (nSPS) is 9.31. The van der Waals surface area contributed by atoms with Gasteiger partial charge in [0.2, 0.25) is 5.91 Å². The van der Waals surface area contributed by atoms with Crippen LogP contribution < -0.4 is 10.8 Å². The predicted molar refractivity (Wildman–Crippen MR) is 55.3 cm³/mol. The first-order chi connectivity index (χ1) is 6.29. The molecule has 1 aromatic carbocycles. The quantitative estimate of drug-likeness (QED) is 0.524. The third-order valence-corrected chi connectivity index (χ3v) is 1.70. The van der Waals surface area contributed by atoms with Crippen molar-refractivity contribution in [1.29, 1.82) is 0 Å². The molecule has 0 fully saturated rings. The summed E-state index contributed by atoms with van der Waals surface area (Å²) in [6, 6.07) is 10.1. The van der Waals surface area contributed by atoms with Gasteiger partial charge in [0.15, 0.2) is 7.28 Å². The van der Waals surface area contributed by atoms with Gasteiger partial charge in [0.1, 0.15) is 0 Å². The summed E-state index contributed by atoms with van der Waals surface area (Å²) in [6.07, 6.45) is 0.879. The molecular weight excluding hydrogens is 161 g/mol. The number of nitrogens with one attached hydrogen (secondary N) is 1. The molecule has 1 amide bonds. The molecule has 67 valence electrons. The van der Waals surface area contributed by atoms with E-state index in [1.54, 1.807) is 0 Å². The van der Waals surface area contributed by atoms with E-state index >= 15 is 0 Å². The molecule has 0 aromatic heterocycles. The van der Waals surface area contributed by atoms with Crippen LogP contribution >= 0.6 is 0 Å². The molecule has 0 bridgehead atoms. The average Bonchev–Trinajstić information content (AvgIpc) is 2.14. The van der Waals surface area contributed by atoms with Crippen LogP contribution in [0.1, 0.15) is 6.92 Å². The zero-order valence-electron chi connectivity index (χ0n) is 7.79. The smallest absolute Gasteiger partial charge is 0.216 e. The Morgan fingerprint density at radius 2 is 2.08 bits per heavy atom. The van der Waals surface area contributed by atoms with Crippen molar-refractivity contribution in [2.45, 2.75) is 13.2 Å². The van der Waals surface area contributed by atoms with Crippen molar-refractivity contribution in [3.63, 3.8) is 0 Å². The van der Waals surface area contributed by atoms with Gasteiger partial charge in [0.05, 0.1) is 0 Å². The van der Waals surface area contributed by atoms with Crippen molar-refractivity contribution in [2.24, 2.45) is 0 Å². The van der Waals surface area contributed by atoms with Gasteiger partial charge >= 0.3 is 0 Å². The van der Waals surface area contributed by atoms with Gasteiger partial charge in [0, 0.05) is 13.5 Å². The van der Waals surface area contributed by atoms with Crippen molar-refractivity contribution < 1.29 is 4.79 Å². The number of amides is 1. The topological polar surface area (TPSA) is 29.1 Å². The highest BCUT2D eigenvalue weighted by Gasteiger charge is 1.94. The fourth-order valence-corrected chi connectivity index (χ4v) is 1.08. The Kier molecular flexibility index (Phi) is 4.09. The van der Waals surface area contributed by atoms with Gasteiger partial charge in [-0.25, -0.2) is 0 Å². The molecule has 3 heteroatoms. The molecular formula is C10H13BNO. The van der Waals surface area contributed by atoms with E-state index in [2.05, 4.69) is 12.6 Å². The van der Waals surface area contributed by atoms with Gasteiger partial charge in [-0.3, -0.25) is 4.79 Å². The maximum atomic E-state index is 10.5. The average molecular weight is 174 g/mol. The zero-order valence-corrected chi connectivity index (χ0v) is 7.79. The Morgan fingerprint density at radius 1 is 1.38 bits per heavy atom. The van der Waals surface area contributed by atoms with Crippen molar-refractivity contribution in [1.82, 2.24) is 5.32 Å². The minimum absolute atomic E-state index is 0.0291. The van der Waals surface area contributed by atoms with Gasteiger partial charge < -0.3 is 5.32 Å². The lowest BCUT2D eigenvalue weighted by Gasteiger charge is -2.00. The molecule has 13 heavy (non-hydrogen) atoms. The summed E-state index contributed by atoms with van der Waals surface area (Å²) in [5, 5.41) is 2.75. The molecule has 0 aliphatic carbocycles. The first-order valence-corrected chi connectivity index (χ1v) is 4.42. The van der Waals surface area contributed by atoms with Crippen LogP contribution in [0.4, 0.5) is 0 Å². The molecule has 0 saturated heterocycles. The Hall–Kier alpha value is -1.25. The van der Waals surface area contributed by atoms with Crippen molar-refractivity contribution >= 4 is 18.6 Å². The summed E-state index contributed by atoms with van der Waals surface area (Å²) < 4.78 is 0. The third kappa shape index (κ3) is 4.36. The van der Waals surface area contributed by atoms with E-state index in [1.165, 1.54) is 12.4 Å². The van der Waals surface area contributed by atoms with Crippen LogP contribution in [0.15, 0.2) is 30.3 Å². The minimum Gasteiger partial charge on any atom is -0.357 e. The molecule has 2 nitrogen and oxygen atoms in total. The molecule has 1 N–H and O–H groups in total. The van der Waals surface area contributed by atoms with Gasteiger partial charge in [-0.1, -0.05) is 42.1 Å². The van der Waals surface area contributed by atoms with Crippen LogP contribution in [0, 0.1) is 0 Å². The van der Waals surface area contributed by atoms with Crippen LogP contribution in [-0.4, -0.2) is 19.7 Å². The number of hydrogen-bond donors (Lipinski definition) is 1. The molecule has 0 spiro atoms. The summed E-state index contributed by atoms with van der Waals surface area (Å²) in [7, 11) is 2.11. The fraction of sp³-hybridized carbons (Fsp3) is 0.300. The van der Waals surface area contributed by atoms with Crippen LogP contribution in [-0.2, 0) is 4.79 Å². The highest BCUT2D eigenvalue weighted by atomic mass is 16.1. The molecule has 0 unspecified atom stereocenters. The second-order valence-corrected chi connectivity index (χ2v) is 2.89. The minimum atomic E-state index is 0.0291. The van der Waals surface area contributed by atoms with Gasteiger partial charge in [0.25, 0.3) is 0 Å². The second-order valence-electron chi connectivity index (χ2n) is 2.89. The summed E-state index contributed by atoms with van der Waals surface area (Å²) in [5.41, 5.74) is 1.20. The van der Waals surface area contributed by atoms with E-state index in [4.69, 9.17) is 0 Å². The van der Waals surface area contributed by atoms with Crippen molar-refractivity contribution in [2.75, 3.05) is 6.54 Å². The lowest BCUT2D eigenvalue weighted by Crippen LogP contribution is -2.24. The summed E-state index contributed by atoms with van der Waals surface area (Å²) in [5.74, 6) is 0.0291. The Labute approximate surface area is 79.6 Å². The Balaban J connectivity index is 2.17. The standard InChI is InChI=1S/C10H13BNO/c1-9(13)12-8-7-11-10-5-3-2-4-6-10/h2-6H,7-8H2,1H3,(H,12,13). The zero-order chi connectivity index (χ0) is 9.52. The maximum Gasteiger partial charge on any atom is 0.216 e. The van der Waals surface area contributed by atoms with Crippen molar-refractivity contribution in [3.05, 3.63) is 30.3 Å². The van der Waals surface area contributed by atoms with Gasteiger partial charge in [-0.2, -0.15) is 0 Å². The molecule has 0 aliphatic heterocycles.